The fourth-order valence-electron chi connectivity index (χ4n) is 2.53. The fourth-order valence-corrected chi connectivity index (χ4v) is 2.70. The van der Waals surface area contributed by atoms with Crippen LogP contribution in [-0.4, -0.2) is 24.6 Å². The van der Waals surface area contributed by atoms with Gasteiger partial charge in [-0.2, -0.15) is 0 Å². The van der Waals surface area contributed by atoms with Crippen LogP contribution in [0.15, 0.2) is 24.8 Å². The highest BCUT2D eigenvalue weighted by atomic mass is 35.5. The number of aliphatic hydroxyl groups is 1. The number of nitrogens with zero attached hydrogens (tertiary/aromatic N) is 4. The molecule has 1 N–H and O–H groups in total. The van der Waals surface area contributed by atoms with Crippen molar-refractivity contribution >= 4 is 22.8 Å². The number of aliphatic hydroxyl groups excluding tert-OH is 1. The molecule has 3 rings (SSSR count). The van der Waals surface area contributed by atoms with Crippen LogP contribution in [0.2, 0.25) is 5.15 Å². The highest BCUT2D eigenvalue weighted by Gasteiger charge is 2.23. The Morgan fingerprint density at radius 1 is 1.42 bits per heavy atom. The minimum atomic E-state index is -0.621. The molecular formula is C13H15ClN4O. The second-order valence-corrected chi connectivity index (χ2v) is 5.43. The van der Waals surface area contributed by atoms with Gasteiger partial charge in [-0.25, -0.2) is 15.0 Å². The van der Waals surface area contributed by atoms with Crippen LogP contribution in [0.5, 0.6) is 0 Å². The van der Waals surface area contributed by atoms with Crippen LogP contribution in [0, 0.1) is 5.92 Å². The second kappa shape index (κ2) is 4.90. The molecule has 1 saturated carbocycles. The lowest BCUT2D eigenvalue weighted by molar-refractivity contribution is 0.0873. The first-order valence-electron chi connectivity index (χ1n) is 6.33. The van der Waals surface area contributed by atoms with Crippen molar-refractivity contribution < 1.29 is 5.11 Å². The molecule has 0 radical (unpaired) electrons. The fraction of sp³-hybridized carbons (Fsp3) is 0.462. The van der Waals surface area contributed by atoms with Crippen LogP contribution in [0.3, 0.4) is 0 Å². The average molecular weight is 279 g/mol. The van der Waals surface area contributed by atoms with E-state index in [1.807, 2.05) is 0 Å². The summed E-state index contributed by atoms with van der Waals surface area (Å²) in [7, 11) is 0. The third-order valence-electron chi connectivity index (χ3n) is 3.62. The molecule has 0 aliphatic heterocycles. The molecule has 100 valence electrons. The summed E-state index contributed by atoms with van der Waals surface area (Å²) in [5.74, 6) is 0.662. The van der Waals surface area contributed by atoms with Gasteiger partial charge in [0, 0.05) is 0 Å². The third kappa shape index (κ3) is 2.35. The Kier molecular flexibility index (Phi) is 3.24. The summed E-state index contributed by atoms with van der Waals surface area (Å²) in [4.78, 5) is 12.1. The van der Waals surface area contributed by atoms with E-state index < -0.39 is 6.23 Å². The molecule has 0 saturated heterocycles. The van der Waals surface area contributed by atoms with E-state index >= 15 is 0 Å². The number of halogens is 1. The number of rotatable bonds is 4. The monoisotopic (exact) mass is 278 g/mol. The molecular weight excluding hydrogens is 264 g/mol. The molecule has 19 heavy (non-hydrogen) atoms. The standard InChI is InChI=1S/C13H15ClN4O/c1-8-4-9(5-8)2-3-10(19)18-7-17-11-12(14)15-6-16-13(11)18/h6-7,9-10,19H,1-5H2. The van der Waals surface area contributed by atoms with Crippen LogP contribution < -0.4 is 0 Å². The van der Waals surface area contributed by atoms with E-state index in [-0.39, 0.29) is 0 Å². The van der Waals surface area contributed by atoms with Crippen molar-refractivity contribution in [3.05, 3.63) is 30.0 Å². The predicted molar refractivity (Wildman–Crippen MR) is 72.7 cm³/mol. The van der Waals surface area contributed by atoms with Gasteiger partial charge < -0.3 is 5.11 Å². The van der Waals surface area contributed by atoms with Crippen LogP contribution in [0.1, 0.15) is 31.9 Å². The van der Waals surface area contributed by atoms with Crippen LogP contribution in [0.25, 0.3) is 11.2 Å². The first kappa shape index (κ1) is 12.6. The molecule has 0 spiro atoms. The van der Waals surface area contributed by atoms with Crippen LogP contribution in [-0.2, 0) is 0 Å². The van der Waals surface area contributed by atoms with Gasteiger partial charge in [0.2, 0.25) is 0 Å². The summed E-state index contributed by atoms with van der Waals surface area (Å²) in [5.41, 5.74) is 2.41. The Morgan fingerprint density at radius 2 is 2.21 bits per heavy atom. The maximum absolute atomic E-state index is 10.2. The Bertz CT molecular complexity index is 616. The van der Waals surface area contributed by atoms with Gasteiger partial charge in [0.1, 0.15) is 18.1 Å². The largest absolute Gasteiger partial charge is 0.373 e. The number of hydrogen-bond acceptors (Lipinski definition) is 4. The zero-order valence-corrected chi connectivity index (χ0v) is 11.2. The summed E-state index contributed by atoms with van der Waals surface area (Å²) in [6.45, 7) is 3.93. The van der Waals surface area contributed by atoms with Gasteiger partial charge in [0.15, 0.2) is 10.8 Å². The molecule has 6 heteroatoms. The van der Waals surface area contributed by atoms with Crippen LogP contribution >= 0.6 is 11.6 Å². The first-order valence-corrected chi connectivity index (χ1v) is 6.70. The van der Waals surface area contributed by atoms with Crippen molar-refractivity contribution in [1.82, 2.24) is 19.5 Å². The number of aromatic nitrogens is 4. The van der Waals surface area contributed by atoms with Crippen molar-refractivity contribution in [2.24, 2.45) is 5.92 Å². The Hall–Kier alpha value is -1.46. The number of hydrogen-bond donors (Lipinski definition) is 1. The van der Waals surface area contributed by atoms with Gasteiger partial charge in [-0.05, 0) is 31.6 Å². The van der Waals surface area contributed by atoms with Crippen molar-refractivity contribution in [1.29, 1.82) is 0 Å². The Labute approximate surface area is 116 Å². The van der Waals surface area contributed by atoms with Gasteiger partial charge >= 0.3 is 0 Å². The molecule has 1 fully saturated rings. The smallest absolute Gasteiger partial charge is 0.166 e. The highest BCUT2D eigenvalue weighted by molar-refractivity contribution is 6.33. The molecule has 1 atom stereocenters. The van der Waals surface area contributed by atoms with E-state index in [1.54, 1.807) is 10.9 Å². The lowest BCUT2D eigenvalue weighted by Gasteiger charge is -2.29. The SMILES string of the molecule is C=C1CC(CCC(O)n2cnc3c(Cl)ncnc32)C1. The number of fused-ring (bicyclic) bond motifs is 1. The van der Waals surface area contributed by atoms with Gasteiger partial charge in [-0.15, -0.1) is 0 Å². The van der Waals surface area contributed by atoms with Crippen LogP contribution in [0.4, 0.5) is 0 Å². The molecule has 2 heterocycles. The maximum atomic E-state index is 10.2. The second-order valence-electron chi connectivity index (χ2n) is 5.07. The normalized spacial score (nSPS) is 17.7. The highest BCUT2D eigenvalue weighted by Crippen LogP contribution is 2.36. The molecule has 1 unspecified atom stereocenters. The zero-order valence-electron chi connectivity index (χ0n) is 10.5. The van der Waals surface area contributed by atoms with Gasteiger partial charge in [0.05, 0.1) is 6.33 Å². The third-order valence-corrected chi connectivity index (χ3v) is 3.90. The lowest BCUT2D eigenvalue weighted by Crippen LogP contribution is -2.16. The lowest BCUT2D eigenvalue weighted by atomic mass is 9.78. The minimum Gasteiger partial charge on any atom is -0.373 e. The number of imidazole rings is 1. The van der Waals surface area contributed by atoms with Crippen molar-refractivity contribution in [3.8, 4) is 0 Å². The minimum absolute atomic E-state index is 0.311. The summed E-state index contributed by atoms with van der Waals surface area (Å²) >= 11 is 5.93. The zero-order chi connectivity index (χ0) is 13.4. The molecule has 1 aliphatic carbocycles. The van der Waals surface area contributed by atoms with Gasteiger partial charge in [-0.3, -0.25) is 4.57 Å². The van der Waals surface area contributed by atoms with E-state index in [4.69, 9.17) is 11.6 Å². The van der Waals surface area contributed by atoms with E-state index in [9.17, 15) is 5.11 Å². The van der Waals surface area contributed by atoms with E-state index in [0.29, 0.717) is 28.7 Å². The number of allylic oxidation sites excluding steroid dienone is 1. The van der Waals surface area contributed by atoms with Crippen molar-refractivity contribution in [3.63, 3.8) is 0 Å². The molecule has 0 aromatic carbocycles. The van der Waals surface area contributed by atoms with Crippen molar-refractivity contribution in [2.45, 2.75) is 31.9 Å². The molecule has 2 aromatic rings. The summed E-state index contributed by atoms with van der Waals surface area (Å²) in [6.07, 6.45) is 6.17. The van der Waals surface area contributed by atoms with E-state index in [0.717, 1.165) is 19.3 Å². The molecule has 2 aromatic heterocycles. The topological polar surface area (TPSA) is 63.8 Å². The summed E-state index contributed by atoms with van der Waals surface area (Å²) in [5, 5.41) is 10.5. The van der Waals surface area contributed by atoms with Gasteiger partial charge in [-0.1, -0.05) is 23.8 Å². The molecule has 0 bridgehead atoms. The predicted octanol–water partition coefficient (Wildman–Crippen LogP) is 2.72. The Morgan fingerprint density at radius 3 is 2.95 bits per heavy atom. The van der Waals surface area contributed by atoms with Gasteiger partial charge in [0.25, 0.3) is 0 Å². The summed E-state index contributed by atoms with van der Waals surface area (Å²) in [6, 6.07) is 0. The van der Waals surface area contributed by atoms with Crippen molar-refractivity contribution in [2.75, 3.05) is 0 Å². The first-order chi connectivity index (χ1) is 9.15. The Balaban J connectivity index is 1.72. The maximum Gasteiger partial charge on any atom is 0.166 e. The quantitative estimate of drug-likeness (QED) is 0.690. The van der Waals surface area contributed by atoms with E-state index in [1.165, 1.54) is 11.9 Å². The molecule has 1 aliphatic rings. The average Bonchev–Trinajstić information content (AvgIpc) is 2.78. The molecule has 5 nitrogen and oxygen atoms in total. The molecule has 0 amide bonds. The summed E-state index contributed by atoms with van der Waals surface area (Å²) < 4.78 is 1.65. The van der Waals surface area contributed by atoms with E-state index in [2.05, 4.69) is 21.5 Å².